The molecule has 0 saturated heterocycles. The van der Waals surface area contributed by atoms with Gasteiger partial charge >= 0.3 is 5.97 Å². The van der Waals surface area contributed by atoms with Crippen LogP contribution in [0.15, 0.2) is 18.2 Å². The van der Waals surface area contributed by atoms with Crippen LogP contribution in [0.5, 0.6) is 5.75 Å². The van der Waals surface area contributed by atoms with E-state index in [0.29, 0.717) is 5.69 Å². The lowest BCUT2D eigenvalue weighted by Gasteiger charge is -2.17. The van der Waals surface area contributed by atoms with E-state index in [2.05, 4.69) is 0 Å². The van der Waals surface area contributed by atoms with E-state index in [0.717, 1.165) is 0 Å². The Hall–Kier alpha value is -2.11. The van der Waals surface area contributed by atoms with Gasteiger partial charge in [0, 0.05) is 31.6 Å². The molecule has 0 spiro atoms. The Kier molecular flexibility index (Phi) is 5.29. The molecule has 0 fully saturated rings. The molecule has 0 saturated carbocycles. The van der Waals surface area contributed by atoms with E-state index >= 15 is 0 Å². The van der Waals surface area contributed by atoms with Gasteiger partial charge in [0.05, 0.1) is 7.11 Å². The SMILES string of the molecule is COc1ccc(N(C)C(=O)CCCC(=O)O)cc1F. The van der Waals surface area contributed by atoms with Crippen LogP contribution in [0.25, 0.3) is 0 Å². The maximum atomic E-state index is 13.5. The number of nitrogens with zero attached hydrogens (tertiary/aromatic N) is 1. The Labute approximate surface area is 110 Å². The summed E-state index contributed by atoms with van der Waals surface area (Å²) in [6.07, 6.45) is 0.310. The first-order chi connectivity index (χ1) is 8.95. The quantitative estimate of drug-likeness (QED) is 0.858. The summed E-state index contributed by atoms with van der Waals surface area (Å²) in [7, 11) is 2.88. The van der Waals surface area contributed by atoms with Gasteiger partial charge in [0.2, 0.25) is 5.91 Å². The maximum Gasteiger partial charge on any atom is 0.303 e. The molecule has 0 unspecified atom stereocenters. The number of rotatable bonds is 6. The highest BCUT2D eigenvalue weighted by Gasteiger charge is 2.13. The number of carbonyl (C=O) groups is 2. The van der Waals surface area contributed by atoms with Crippen LogP contribution in [0.1, 0.15) is 19.3 Å². The fourth-order valence-corrected chi connectivity index (χ4v) is 1.57. The normalized spacial score (nSPS) is 10.1. The molecular weight excluding hydrogens is 253 g/mol. The van der Waals surface area contributed by atoms with Gasteiger partial charge in [0.25, 0.3) is 0 Å². The van der Waals surface area contributed by atoms with Gasteiger partial charge < -0.3 is 14.7 Å². The fourth-order valence-electron chi connectivity index (χ4n) is 1.57. The van der Waals surface area contributed by atoms with Crippen LogP contribution in [0.4, 0.5) is 10.1 Å². The van der Waals surface area contributed by atoms with Crippen LogP contribution in [0.2, 0.25) is 0 Å². The number of anilines is 1. The highest BCUT2D eigenvalue weighted by Crippen LogP contribution is 2.23. The smallest absolute Gasteiger partial charge is 0.303 e. The molecule has 1 N–H and O–H groups in total. The third-order valence-electron chi connectivity index (χ3n) is 2.68. The van der Waals surface area contributed by atoms with Crippen LogP contribution in [0, 0.1) is 5.82 Å². The number of carbonyl (C=O) groups excluding carboxylic acids is 1. The lowest BCUT2D eigenvalue weighted by Crippen LogP contribution is -2.26. The zero-order valence-electron chi connectivity index (χ0n) is 10.9. The van der Waals surface area contributed by atoms with Crippen molar-refractivity contribution in [2.75, 3.05) is 19.1 Å². The molecule has 5 nitrogen and oxygen atoms in total. The van der Waals surface area contributed by atoms with Gasteiger partial charge in [-0.25, -0.2) is 4.39 Å². The predicted octanol–water partition coefficient (Wildman–Crippen LogP) is 2.05. The first kappa shape index (κ1) is 14.9. The Bertz CT molecular complexity index is 476. The molecule has 104 valence electrons. The Morgan fingerprint density at radius 1 is 1.37 bits per heavy atom. The second-order valence-corrected chi connectivity index (χ2v) is 4.02. The van der Waals surface area contributed by atoms with Crippen LogP contribution < -0.4 is 9.64 Å². The summed E-state index contributed by atoms with van der Waals surface area (Å²) in [4.78, 5) is 23.4. The van der Waals surface area contributed by atoms with Crippen LogP contribution in [-0.4, -0.2) is 31.1 Å². The molecule has 0 aliphatic rings. The molecule has 0 aliphatic carbocycles. The van der Waals surface area contributed by atoms with Gasteiger partial charge in [-0.1, -0.05) is 0 Å². The average molecular weight is 269 g/mol. The summed E-state index contributed by atoms with van der Waals surface area (Å²) >= 11 is 0. The van der Waals surface area contributed by atoms with Crippen LogP contribution in [-0.2, 0) is 9.59 Å². The minimum Gasteiger partial charge on any atom is -0.494 e. The molecule has 0 radical (unpaired) electrons. The third kappa shape index (κ3) is 4.24. The van der Waals surface area contributed by atoms with Gasteiger partial charge in [-0.05, 0) is 18.6 Å². The second kappa shape index (κ2) is 6.72. The Morgan fingerprint density at radius 2 is 2.05 bits per heavy atom. The summed E-state index contributed by atoms with van der Waals surface area (Å²) < 4.78 is 18.3. The maximum absolute atomic E-state index is 13.5. The highest BCUT2D eigenvalue weighted by atomic mass is 19.1. The van der Waals surface area contributed by atoms with Gasteiger partial charge in [0.15, 0.2) is 11.6 Å². The fraction of sp³-hybridized carbons (Fsp3) is 0.385. The summed E-state index contributed by atoms with van der Waals surface area (Å²) in [6, 6.07) is 4.20. The van der Waals surface area contributed by atoms with Crippen molar-refractivity contribution in [2.24, 2.45) is 0 Å². The summed E-state index contributed by atoms with van der Waals surface area (Å²) in [5.41, 5.74) is 0.402. The number of carboxylic acid groups (broad SMARTS) is 1. The molecule has 0 aromatic heterocycles. The second-order valence-electron chi connectivity index (χ2n) is 4.02. The number of benzene rings is 1. The third-order valence-corrected chi connectivity index (χ3v) is 2.68. The average Bonchev–Trinajstić information content (AvgIpc) is 2.37. The highest BCUT2D eigenvalue weighted by molar-refractivity contribution is 5.93. The largest absolute Gasteiger partial charge is 0.494 e. The molecule has 19 heavy (non-hydrogen) atoms. The van der Waals surface area contributed by atoms with E-state index in [1.54, 1.807) is 6.07 Å². The lowest BCUT2D eigenvalue weighted by atomic mass is 10.2. The van der Waals surface area contributed by atoms with Crippen LogP contribution >= 0.6 is 0 Å². The van der Waals surface area contributed by atoms with Crippen LogP contribution in [0.3, 0.4) is 0 Å². The first-order valence-electron chi connectivity index (χ1n) is 5.77. The number of hydrogen-bond acceptors (Lipinski definition) is 3. The first-order valence-corrected chi connectivity index (χ1v) is 5.77. The van der Waals surface area contributed by atoms with Gasteiger partial charge in [-0.2, -0.15) is 0 Å². The monoisotopic (exact) mass is 269 g/mol. The van der Waals surface area contributed by atoms with E-state index < -0.39 is 11.8 Å². The summed E-state index contributed by atoms with van der Waals surface area (Å²) in [5.74, 6) is -1.64. The van der Waals surface area contributed by atoms with Crippen molar-refractivity contribution < 1.29 is 23.8 Å². The van der Waals surface area contributed by atoms with Gasteiger partial charge in [0.1, 0.15) is 0 Å². The minimum atomic E-state index is -0.939. The molecule has 1 rings (SSSR count). The number of carboxylic acids is 1. The summed E-state index contributed by atoms with van der Waals surface area (Å²) in [6.45, 7) is 0. The molecule has 1 aromatic rings. The van der Waals surface area contributed by atoms with Crippen molar-refractivity contribution in [1.29, 1.82) is 0 Å². The van der Waals surface area contributed by atoms with Crippen molar-refractivity contribution in [2.45, 2.75) is 19.3 Å². The van der Waals surface area contributed by atoms with Gasteiger partial charge in [-0.15, -0.1) is 0 Å². The standard InChI is InChI=1S/C13H16FNO4/c1-15(12(16)4-3-5-13(17)18)9-6-7-11(19-2)10(14)8-9/h6-8H,3-5H2,1-2H3,(H,17,18). The zero-order valence-corrected chi connectivity index (χ0v) is 10.9. The van der Waals surface area contributed by atoms with E-state index in [9.17, 15) is 14.0 Å². The molecule has 6 heteroatoms. The molecule has 0 heterocycles. The number of amides is 1. The number of methoxy groups -OCH3 is 1. The van der Waals surface area contributed by atoms with E-state index in [-0.39, 0.29) is 30.9 Å². The molecule has 0 atom stereocenters. The molecule has 1 amide bonds. The number of aliphatic carboxylic acids is 1. The molecule has 0 bridgehead atoms. The van der Waals surface area contributed by atoms with E-state index in [4.69, 9.17) is 9.84 Å². The summed E-state index contributed by atoms with van der Waals surface area (Å²) in [5, 5.41) is 8.49. The van der Waals surface area contributed by atoms with Crippen molar-refractivity contribution in [3.63, 3.8) is 0 Å². The van der Waals surface area contributed by atoms with Gasteiger partial charge in [-0.3, -0.25) is 9.59 Å². The molecule has 1 aromatic carbocycles. The Balaban J connectivity index is 2.66. The Morgan fingerprint density at radius 3 is 2.58 bits per heavy atom. The van der Waals surface area contributed by atoms with Crippen molar-refractivity contribution in [3.05, 3.63) is 24.0 Å². The van der Waals surface area contributed by atoms with E-state index in [1.165, 1.54) is 31.2 Å². The molecular formula is C13H16FNO4. The number of ether oxygens (including phenoxy) is 1. The van der Waals surface area contributed by atoms with E-state index in [1.807, 2.05) is 0 Å². The predicted molar refractivity (Wildman–Crippen MR) is 67.8 cm³/mol. The zero-order chi connectivity index (χ0) is 14.4. The van der Waals surface area contributed by atoms with Crippen molar-refractivity contribution in [1.82, 2.24) is 0 Å². The van der Waals surface area contributed by atoms with Crippen molar-refractivity contribution in [3.8, 4) is 5.75 Å². The topological polar surface area (TPSA) is 66.8 Å². The minimum absolute atomic E-state index is 0.0590. The van der Waals surface area contributed by atoms with Crippen molar-refractivity contribution >= 4 is 17.6 Å². The molecule has 0 aliphatic heterocycles. The number of halogens is 1. The lowest BCUT2D eigenvalue weighted by molar-refractivity contribution is -0.137. The number of hydrogen-bond donors (Lipinski definition) is 1.